The molecule has 1 amide bonds. The summed E-state index contributed by atoms with van der Waals surface area (Å²) in [6, 6.07) is 13.0. The number of fused-ring (bicyclic) bond motifs is 2. The zero-order valence-corrected chi connectivity index (χ0v) is 19.1. The summed E-state index contributed by atoms with van der Waals surface area (Å²) in [7, 11) is 0. The van der Waals surface area contributed by atoms with Crippen molar-refractivity contribution in [1.82, 2.24) is 10.2 Å². The van der Waals surface area contributed by atoms with Gasteiger partial charge in [-0.05, 0) is 68.0 Å². The fourth-order valence-corrected chi connectivity index (χ4v) is 3.74. The molecule has 3 aromatic rings. The van der Waals surface area contributed by atoms with Crippen molar-refractivity contribution >= 4 is 28.4 Å². The highest BCUT2D eigenvalue weighted by atomic mass is 16.1. The van der Waals surface area contributed by atoms with Crippen LogP contribution >= 0.6 is 0 Å². The Labute approximate surface area is 187 Å². The molecular formula is C25H38N4O2. The highest BCUT2D eigenvalue weighted by molar-refractivity contribution is 5.95. The van der Waals surface area contributed by atoms with Gasteiger partial charge >= 0.3 is 0 Å². The van der Waals surface area contributed by atoms with Crippen molar-refractivity contribution in [2.45, 2.75) is 65.2 Å². The van der Waals surface area contributed by atoms with Gasteiger partial charge in [0.2, 0.25) is 5.91 Å². The average Bonchev–Trinajstić information content (AvgIpc) is 2.75. The first kappa shape index (κ1) is 24.1. The standard InChI is InChI=1S/C16H21N3O.C7H7NO.C2H6.2H2/c1-4-10(17)5-9-6-15(20)16(2,3)12-8-14-13(18-19-14)7-11(9)12;8-7(9)6-4-2-1-3-5-6;1-2;;/h7-9,17-19H,4-6H2,1-3H3;1-5H,(H2,8,9);1-2H3;2*1H. The summed E-state index contributed by atoms with van der Waals surface area (Å²) >= 11 is 0. The molecule has 170 valence electrons. The van der Waals surface area contributed by atoms with Crippen molar-refractivity contribution in [3.63, 3.8) is 0 Å². The Morgan fingerprint density at radius 3 is 2.23 bits per heavy atom. The minimum absolute atomic E-state index is 0. The lowest BCUT2D eigenvalue weighted by Gasteiger charge is -2.36. The molecule has 1 aliphatic rings. The molecule has 0 bridgehead atoms. The third-order valence-electron chi connectivity index (χ3n) is 5.74. The van der Waals surface area contributed by atoms with E-state index in [-0.39, 0.29) is 20.5 Å². The topological polar surface area (TPSA) is 116 Å². The Kier molecular flexibility index (Phi) is 7.97. The number of amides is 1. The number of carbonyl (C=O) groups is 2. The van der Waals surface area contributed by atoms with Crippen LogP contribution in [0.15, 0.2) is 42.5 Å². The van der Waals surface area contributed by atoms with E-state index in [0.29, 0.717) is 18.4 Å². The Morgan fingerprint density at radius 1 is 1.16 bits per heavy atom. The Hall–Kier alpha value is -3.15. The van der Waals surface area contributed by atoms with E-state index in [1.54, 1.807) is 24.3 Å². The zero-order valence-electron chi connectivity index (χ0n) is 19.1. The van der Waals surface area contributed by atoms with E-state index in [1.807, 2.05) is 40.7 Å². The summed E-state index contributed by atoms with van der Waals surface area (Å²) in [6.07, 6.45) is 2.00. The number of nitrogens with two attached hydrogens (primary N) is 1. The molecule has 1 aromatic heterocycles. The molecule has 31 heavy (non-hydrogen) atoms. The normalized spacial score (nSPS) is 16.4. The first-order chi connectivity index (χ1) is 14.7. The second-order valence-corrected chi connectivity index (χ2v) is 8.08. The summed E-state index contributed by atoms with van der Waals surface area (Å²) in [5, 5.41) is 14.1. The van der Waals surface area contributed by atoms with Crippen LogP contribution in [-0.2, 0) is 10.2 Å². The first-order valence-electron chi connectivity index (χ1n) is 10.9. The van der Waals surface area contributed by atoms with Crippen LogP contribution in [0.1, 0.15) is 84.1 Å². The van der Waals surface area contributed by atoms with Gasteiger partial charge in [-0.25, -0.2) is 0 Å². The largest absolute Gasteiger partial charge is 0.366 e. The zero-order chi connectivity index (χ0) is 23.2. The monoisotopic (exact) mass is 426 g/mol. The maximum Gasteiger partial charge on any atom is 0.248 e. The molecule has 1 unspecified atom stereocenters. The van der Waals surface area contributed by atoms with E-state index < -0.39 is 5.41 Å². The number of H-pyrrole nitrogens is 2. The molecule has 2 aromatic carbocycles. The predicted octanol–water partition coefficient (Wildman–Crippen LogP) is 5.95. The van der Waals surface area contributed by atoms with Crippen LogP contribution in [0.3, 0.4) is 0 Å². The van der Waals surface area contributed by atoms with Gasteiger partial charge in [0, 0.05) is 26.0 Å². The van der Waals surface area contributed by atoms with Crippen LogP contribution in [0, 0.1) is 5.41 Å². The van der Waals surface area contributed by atoms with Gasteiger partial charge in [0.15, 0.2) is 0 Å². The number of hydrogen-bond donors (Lipinski definition) is 4. The molecule has 0 aliphatic heterocycles. The smallest absolute Gasteiger partial charge is 0.248 e. The number of aromatic amines is 2. The number of ketones is 1. The molecule has 5 N–H and O–H groups in total. The lowest BCUT2D eigenvalue weighted by atomic mass is 9.66. The Balaban J connectivity index is 0.000000672. The SMILES string of the molecule is CC.CCC(=N)CC1CC(=O)C(C)(C)c2cc3[nH][nH]c3cc21.NC(=O)c1ccccc1.[HH].[HH]. The number of hydrogen-bond acceptors (Lipinski definition) is 3. The third kappa shape index (κ3) is 5.32. The molecular weight excluding hydrogens is 388 g/mol. The molecule has 1 atom stereocenters. The van der Waals surface area contributed by atoms with Crippen LogP contribution < -0.4 is 5.73 Å². The Bertz CT molecular complexity index is 1050. The van der Waals surface area contributed by atoms with Gasteiger partial charge in [-0.15, -0.1) is 0 Å². The second-order valence-electron chi connectivity index (χ2n) is 8.08. The summed E-state index contributed by atoms with van der Waals surface area (Å²) in [6.45, 7) is 10.0. The number of benzene rings is 2. The van der Waals surface area contributed by atoms with E-state index >= 15 is 0 Å². The van der Waals surface area contributed by atoms with Crippen LogP contribution in [0.4, 0.5) is 0 Å². The highest BCUT2D eigenvalue weighted by Gasteiger charge is 2.40. The summed E-state index contributed by atoms with van der Waals surface area (Å²) in [5.41, 5.74) is 10.4. The first-order valence-corrected chi connectivity index (χ1v) is 10.9. The summed E-state index contributed by atoms with van der Waals surface area (Å²) in [5.74, 6) is 0.0624. The number of rotatable bonds is 4. The van der Waals surface area contributed by atoms with Gasteiger partial charge < -0.3 is 11.1 Å². The van der Waals surface area contributed by atoms with E-state index in [9.17, 15) is 9.59 Å². The van der Waals surface area contributed by atoms with Gasteiger partial charge in [0.25, 0.3) is 0 Å². The molecule has 0 radical (unpaired) electrons. The number of nitrogens with one attached hydrogen (secondary N) is 3. The molecule has 0 spiro atoms. The van der Waals surface area contributed by atoms with Crippen molar-refractivity contribution < 1.29 is 12.4 Å². The van der Waals surface area contributed by atoms with Crippen molar-refractivity contribution in [1.29, 1.82) is 5.41 Å². The minimum atomic E-state index is -0.424. The van der Waals surface area contributed by atoms with Crippen LogP contribution in [0.5, 0.6) is 0 Å². The quantitative estimate of drug-likeness (QED) is 0.386. The summed E-state index contributed by atoms with van der Waals surface area (Å²) in [4.78, 5) is 22.9. The highest BCUT2D eigenvalue weighted by Crippen LogP contribution is 2.43. The van der Waals surface area contributed by atoms with Crippen LogP contribution in [0.25, 0.3) is 11.0 Å². The lowest BCUT2D eigenvalue weighted by molar-refractivity contribution is -0.124. The van der Waals surface area contributed by atoms with Crippen LogP contribution in [-0.4, -0.2) is 27.6 Å². The van der Waals surface area contributed by atoms with Crippen molar-refractivity contribution in [3.8, 4) is 0 Å². The average molecular weight is 427 g/mol. The molecule has 6 heteroatoms. The molecule has 0 saturated heterocycles. The number of primary amides is 1. The van der Waals surface area contributed by atoms with Gasteiger partial charge in [0.1, 0.15) is 5.78 Å². The Morgan fingerprint density at radius 2 is 1.74 bits per heavy atom. The van der Waals surface area contributed by atoms with E-state index in [0.717, 1.165) is 28.7 Å². The van der Waals surface area contributed by atoms with Gasteiger partial charge in [-0.1, -0.05) is 39.0 Å². The molecule has 6 nitrogen and oxygen atoms in total. The van der Waals surface area contributed by atoms with E-state index in [1.165, 1.54) is 5.56 Å². The second kappa shape index (κ2) is 10.2. The number of Topliss-reactive ketones (excluding diaryl/α,β-unsaturated/α-hetero) is 1. The van der Waals surface area contributed by atoms with Crippen molar-refractivity contribution in [3.05, 3.63) is 59.2 Å². The van der Waals surface area contributed by atoms with E-state index in [4.69, 9.17) is 11.1 Å². The van der Waals surface area contributed by atoms with Crippen LogP contribution in [0.2, 0.25) is 0 Å². The molecule has 1 aliphatic carbocycles. The number of carbonyl (C=O) groups excluding carboxylic acids is 2. The molecule has 0 saturated carbocycles. The fraction of sp³-hybridized carbons (Fsp3) is 0.400. The lowest BCUT2D eigenvalue weighted by Crippen LogP contribution is -2.36. The minimum Gasteiger partial charge on any atom is -0.366 e. The fourth-order valence-electron chi connectivity index (χ4n) is 3.74. The van der Waals surface area contributed by atoms with Crippen molar-refractivity contribution in [2.24, 2.45) is 5.73 Å². The van der Waals surface area contributed by atoms with Gasteiger partial charge in [0.05, 0.1) is 11.0 Å². The third-order valence-corrected chi connectivity index (χ3v) is 5.74. The molecule has 1 heterocycles. The summed E-state index contributed by atoms with van der Waals surface area (Å²) < 4.78 is 0. The molecule has 4 rings (SSSR count). The van der Waals surface area contributed by atoms with Gasteiger partial charge in [-0.3, -0.25) is 19.8 Å². The van der Waals surface area contributed by atoms with E-state index in [2.05, 4.69) is 22.3 Å². The van der Waals surface area contributed by atoms with Crippen molar-refractivity contribution in [2.75, 3.05) is 0 Å². The number of aromatic nitrogens is 2. The van der Waals surface area contributed by atoms with Gasteiger partial charge in [-0.2, -0.15) is 0 Å². The maximum absolute atomic E-state index is 12.5. The predicted molar refractivity (Wildman–Crippen MR) is 131 cm³/mol. The molecule has 0 fully saturated rings. The maximum atomic E-state index is 12.5.